The molecule has 0 amide bonds. The summed E-state index contributed by atoms with van der Waals surface area (Å²) in [6.45, 7) is 5.47. The van der Waals surface area contributed by atoms with E-state index in [1.54, 1.807) is 6.92 Å². The van der Waals surface area contributed by atoms with E-state index in [4.69, 9.17) is 9.84 Å². The molecular weight excluding hydrogens is 269 g/mol. The van der Waals surface area contributed by atoms with Gasteiger partial charge in [0.25, 0.3) is 0 Å². The molecule has 0 fully saturated rings. The Hall–Kier alpha value is -0.520. The zero-order valence-corrected chi connectivity index (χ0v) is 11.9. The largest absolute Gasteiger partial charge is 0.480 e. The molecule has 0 spiro atoms. The molecule has 0 unspecified atom stereocenters. The molecule has 0 aromatic rings. The molecule has 0 bridgehead atoms. The van der Waals surface area contributed by atoms with Crippen molar-refractivity contribution in [3.63, 3.8) is 0 Å². The minimum Gasteiger partial charge on any atom is -0.480 e. The van der Waals surface area contributed by atoms with Gasteiger partial charge in [-0.25, -0.2) is 0 Å². The Morgan fingerprint density at radius 1 is 1.29 bits per heavy atom. The second kappa shape index (κ2) is 12.0. The van der Waals surface area contributed by atoms with E-state index in [1.165, 1.54) is 6.92 Å². The zero-order chi connectivity index (χ0) is 11.8. The maximum absolute atomic E-state index is 11.4. The van der Waals surface area contributed by atoms with Crippen LogP contribution in [0.3, 0.4) is 0 Å². The number of nitrogens with one attached hydrogen (secondary N) is 1. The van der Waals surface area contributed by atoms with Crippen LogP contribution < -0.4 is 5.32 Å². The molecule has 0 aliphatic heterocycles. The number of carboxylic acid groups (broad SMARTS) is 1. The maximum atomic E-state index is 11.4. The van der Waals surface area contributed by atoms with Gasteiger partial charge >= 0.3 is 11.9 Å². The van der Waals surface area contributed by atoms with Crippen LogP contribution in [-0.4, -0.2) is 35.7 Å². The molecule has 5 nitrogen and oxygen atoms in total. The van der Waals surface area contributed by atoms with Crippen LogP contribution in [0.15, 0.2) is 0 Å². The van der Waals surface area contributed by atoms with Gasteiger partial charge in [-0.05, 0) is 20.3 Å². The van der Waals surface area contributed by atoms with Crippen molar-refractivity contribution in [2.75, 3.05) is 6.61 Å². The quantitative estimate of drug-likeness (QED) is 0.697. The Bertz CT molecular complexity index is 226. The van der Waals surface area contributed by atoms with Gasteiger partial charge < -0.3 is 9.84 Å². The third-order valence-corrected chi connectivity index (χ3v) is 1.97. The lowest BCUT2D eigenvalue weighted by Crippen LogP contribution is -2.46. The van der Waals surface area contributed by atoms with Crippen molar-refractivity contribution in [3.05, 3.63) is 0 Å². The Kier molecular flexibility index (Phi) is 15.3. The molecule has 17 heavy (non-hydrogen) atoms. The fourth-order valence-electron chi connectivity index (χ4n) is 1.17. The molecule has 104 valence electrons. The number of carbonyl (C=O) groups is 2. The summed E-state index contributed by atoms with van der Waals surface area (Å²) < 4.78 is 4.84. The van der Waals surface area contributed by atoms with Gasteiger partial charge in [0.1, 0.15) is 12.1 Å². The molecule has 0 radical (unpaired) electrons. The van der Waals surface area contributed by atoms with Crippen molar-refractivity contribution >= 4 is 36.8 Å². The average molecular weight is 290 g/mol. The monoisotopic (exact) mass is 289 g/mol. The van der Waals surface area contributed by atoms with Gasteiger partial charge in [0, 0.05) is 0 Å². The lowest BCUT2D eigenvalue weighted by molar-refractivity contribution is -0.147. The summed E-state index contributed by atoms with van der Waals surface area (Å²) >= 11 is 0. The predicted octanol–water partition coefficient (Wildman–Crippen LogP) is 1.62. The fourth-order valence-corrected chi connectivity index (χ4v) is 1.17. The standard InChI is InChI=1S/C10H19NO4.2ClH/c1-4-6-8(10(14)15-5-2)11-7(3)9(12)13;;/h7-8,11H,4-6H2,1-3H3,(H,12,13);2*1H/t7-,8-;;/m0../s1. The van der Waals surface area contributed by atoms with Crippen LogP contribution in [0.4, 0.5) is 0 Å². The minimum absolute atomic E-state index is 0. The van der Waals surface area contributed by atoms with Crippen LogP contribution >= 0.6 is 24.8 Å². The molecule has 0 aliphatic rings. The highest BCUT2D eigenvalue weighted by Crippen LogP contribution is 2.01. The van der Waals surface area contributed by atoms with Crippen LogP contribution in [0, 0.1) is 0 Å². The highest BCUT2D eigenvalue weighted by Gasteiger charge is 2.23. The number of carboxylic acids is 1. The van der Waals surface area contributed by atoms with Gasteiger partial charge in [-0.15, -0.1) is 24.8 Å². The summed E-state index contributed by atoms with van der Waals surface area (Å²) in [5.41, 5.74) is 0. The highest BCUT2D eigenvalue weighted by molar-refractivity contribution is 5.85. The fraction of sp³-hybridized carbons (Fsp3) is 0.800. The molecule has 0 saturated heterocycles. The van der Waals surface area contributed by atoms with Crippen LogP contribution in [-0.2, 0) is 14.3 Å². The van der Waals surface area contributed by atoms with E-state index in [-0.39, 0.29) is 30.8 Å². The smallest absolute Gasteiger partial charge is 0.323 e. The van der Waals surface area contributed by atoms with Crippen molar-refractivity contribution in [2.24, 2.45) is 0 Å². The van der Waals surface area contributed by atoms with E-state index in [0.29, 0.717) is 13.0 Å². The topological polar surface area (TPSA) is 75.6 Å². The zero-order valence-electron chi connectivity index (χ0n) is 10.3. The summed E-state index contributed by atoms with van der Waals surface area (Å²) in [6, 6.07) is -1.27. The lowest BCUT2D eigenvalue weighted by Gasteiger charge is -2.18. The first kappa shape index (κ1) is 21.7. The van der Waals surface area contributed by atoms with Crippen molar-refractivity contribution in [2.45, 2.75) is 45.7 Å². The van der Waals surface area contributed by atoms with Crippen molar-refractivity contribution < 1.29 is 19.4 Å². The van der Waals surface area contributed by atoms with Gasteiger partial charge in [0.15, 0.2) is 0 Å². The lowest BCUT2D eigenvalue weighted by atomic mass is 10.1. The van der Waals surface area contributed by atoms with Crippen LogP contribution in [0.2, 0.25) is 0 Å². The van der Waals surface area contributed by atoms with Gasteiger partial charge in [0.05, 0.1) is 6.61 Å². The summed E-state index contributed by atoms with van der Waals surface area (Å²) in [4.78, 5) is 22.0. The SMILES string of the molecule is CCC[C@H](N[C@@H](C)C(=O)O)C(=O)OCC.Cl.Cl. The molecular formula is C10H21Cl2NO4. The molecule has 0 aromatic carbocycles. The van der Waals surface area contributed by atoms with Gasteiger partial charge in [-0.1, -0.05) is 13.3 Å². The number of ether oxygens (including phenoxy) is 1. The Morgan fingerprint density at radius 3 is 2.18 bits per heavy atom. The normalized spacial score (nSPS) is 12.6. The minimum atomic E-state index is -0.972. The summed E-state index contributed by atoms with van der Waals surface area (Å²) in [7, 11) is 0. The second-order valence-corrected chi connectivity index (χ2v) is 3.32. The third kappa shape index (κ3) is 9.21. The van der Waals surface area contributed by atoms with E-state index in [9.17, 15) is 9.59 Å². The Labute approximate surface area is 114 Å². The second-order valence-electron chi connectivity index (χ2n) is 3.32. The molecule has 7 heteroatoms. The van der Waals surface area contributed by atoms with E-state index in [0.717, 1.165) is 6.42 Å². The first-order valence-electron chi connectivity index (χ1n) is 5.18. The van der Waals surface area contributed by atoms with E-state index in [2.05, 4.69) is 5.32 Å². The van der Waals surface area contributed by atoms with Crippen molar-refractivity contribution in [1.29, 1.82) is 0 Å². The number of hydrogen-bond donors (Lipinski definition) is 2. The van der Waals surface area contributed by atoms with Crippen LogP contribution in [0.25, 0.3) is 0 Å². The van der Waals surface area contributed by atoms with Crippen molar-refractivity contribution in [3.8, 4) is 0 Å². The summed E-state index contributed by atoms with van der Waals surface area (Å²) in [6.07, 6.45) is 1.37. The van der Waals surface area contributed by atoms with Gasteiger partial charge in [-0.3, -0.25) is 14.9 Å². The molecule has 0 saturated carbocycles. The van der Waals surface area contributed by atoms with E-state index < -0.39 is 18.1 Å². The average Bonchev–Trinajstić information content (AvgIpc) is 2.17. The number of rotatable bonds is 7. The van der Waals surface area contributed by atoms with Gasteiger partial charge in [0.2, 0.25) is 0 Å². The van der Waals surface area contributed by atoms with Crippen molar-refractivity contribution in [1.82, 2.24) is 5.32 Å². The predicted molar refractivity (Wildman–Crippen MR) is 70.1 cm³/mol. The van der Waals surface area contributed by atoms with Crippen LogP contribution in [0.5, 0.6) is 0 Å². The highest BCUT2D eigenvalue weighted by atomic mass is 35.5. The number of halogens is 2. The maximum Gasteiger partial charge on any atom is 0.323 e. The molecule has 2 atom stereocenters. The number of esters is 1. The molecule has 2 N–H and O–H groups in total. The Balaban J connectivity index is -0.000000980. The number of aliphatic carboxylic acids is 1. The number of hydrogen-bond acceptors (Lipinski definition) is 4. The molecule has 0 heterocycles. The summed E-state index contributed by atoms with van der Waals surface area (Å²) in [5.74, 6) is -1.35. The van der Waals surface area contributed by atoms with E-state index in [1.807, 2.05) is 6.92 Å². The molecule has 0 rings (SSSR count). The Morgan fingerprint density at radius 2 is 1.82 bits per heavy atom. The van der Waals surface area contributed by atoms with E-state index >= 15 is 0 Å². The first-order chi connectivity index (χ1) is 7.02. The molecule has 0 aliphatic carbocycles. The molecule has 0 aromatic heterocycles. The third-order valence-electron chi connectivity index (χ3n) is 1.97. The number of carbonyl (C=O) groups excluding carboxylic acids is 1. The first-order valence-corrected chi connectivity index (χ1v) is 5.18. The van der Waals surface area contributed by atoms with Crippen LogP contribution in [0.1, 0.15) is 33.6 Å². The summed E-state index contributed by atoms with van der Waals surface area (Å²) in [5, 5.41) is 11.4. The van der Waals surface area contributed by atoms with Gasteiger partial charge in [-0.2, -0.15) is 0 Å².